The second kappa shape index (κ2) is 10.7. The first kappa shape index (κ1) is 25.2. The van der Waals surface area contributed by atoms with E-state index in [4.69, 9.17) is 11.6 Å². The number of carbonyl (C=O) groups is 1. The molecule has 0 saturated carbocycles. The molecule has 0 spiro atoms. The van der Waals surface area contributed by atoms with Gasteiger partial charge in [-0.25, -0.2) is 13.8 Å². The van der Waals surface area contributed by atoms with Gasteiger partial charge in [-0.05, 0) is 90.9 Å². The monoisotopic (exact) mass is 595 g/mol. The predicted molar refractivity (Wildman–Crippen MR) is 141 cm³/mol. The highest BCUT2D eigenvalue weighted by atomic mass is 127. The van der Waals surface area contributed by atoms with Crippen molar-refractivity contribution in [2.24, 2.45) is 5.10 Å². The van der Waals surface area contributed by atoms with Gasteiger partial charge >= 0.3 is 0 Å². The van der Waals surface area contributed by atoms with Gasteiger partial charge in [-0.15, -0.1) is 0 Å². The van der Waals surface area contributed by atoms with Crippen LogP contribution in [0, 0.1) is 17.4 Å². The van der Waals surface area contributed by atoms with E-state index in [1.54, 1.807) is 38.1 Å². The highest BCUT2D eigenvalue weighted by Crippen LogP contribution is 2.29. The van der Waals surface area contributed by atoms with Crippen LogP contribution >= 0.6 is 34.2 Å². The third-order valence-corrected chi connectivity index (χ3v) is 7.61. The number of nitrogens with one attached hydrogen (secondary N) is 1. The maximum atomic E-state index is 13.5. The van der Waals surface area contributed by atoms with Gasteiger partial charge in [-0.1, -0.05) is 47.5 Å². The topological polar surface area (TPSA) is 78.8 Å². The van der Waals surface area contributed by atoms with E-state index in [1.807, 2.05) is 31.2 Å². The number of benzene rings is 3. The second-order valence-corrected chi connectivity index (χ2v) is 11.0. The van der Waals surface area contributed by atoms with Crippen LogP contribution in [0.4, 0.5) is 5.69 Å². The molecule has 9 heteroatoms. The van der Waals surface area contributed by atoms with Crippen LogP contribution in [0.5, 0.6) is 0 Å². The largest absolute Gasteiger partial charge is 0.271 e. The minimum Gasteiger partial charge on any atom is -0.271 e. The molecule has 0 aromatic heterocycles. The van der Waals surface area contributed by atoms with Crippen molar-refractivity contribution in [3.8, 4) is 0 Å². The molecular formula is C24H23ClIN3O3S. The predicted octanol–water partition coefficient (Wildman–Crippen LogP) is 5.30. The molecule has 0 radical (unpaired) electrons. The van der Waals surface area contributed by atoms with Crippen LogP contribution in [-0.4, -0.2) is 26.6 Å². The first-order chi connectivity index (χ1) is 15.6. The lowest BCUT2D eigenvalue weighted by Gasteiger charge is -2.25. The van der Waals surface area contributed by atoms with Gasteiger partial charge in [-0.2, -0.15) is 5.10 Å². The fraction of sp³-hybridized carbons (Fsp3) is 0.167. The molecule has 0 aliphatic carbocycles. The standard InChI is InChI=1S/C24H23ClIN3O3S/c1-16-7-11-22(12-8-16)33(31,32)29(23-14-20(25)10-9-17(23)2)15-24(30)28-27-18(3)19-5-4-6-21(26)13-19/h4-14H,15H2,1-3H3,(H,28,30)/b27-18-. The third kappa shape index (κ3) is 6.33. The van der Waals surface area contributed by atoms with Crippen LogP contribution in [0.25, 0.3) is 0 Å². The summed E-state index contributed by atoms with van der Waals surface area (Å²) in [6, 6.07) is 19.1. The first-order valence-corrected chi connectivity index (χ1v) is 12.9. The summed E-state index contributed by atoms with van der Waals surface area (Å²) < 4.78 is 29.1. The molecule has 0 aliphatic heterocycles. The number of hydrogen-bond acceptors (Lipinski definition) is 4. The molecule has 3 rings (SSSR count). The van der Waals surface area contributed by atoms with Crippen LogP contribution in [0.2, 0.25) is 5.02 Å². The van der Waals surface area contributed by atoms with Gasteiger partial charge in [0.25, 0.3) is 15.9 Å². The van der Waals surface area contributed by atoms with Crippen molar-refractivity contribution in [2.45, 2.75) is 25.7 Å². The van der Waals surface area contributed by atoms with Crippen LogP contribution in [0.3, 0.4) is 0 Å². The quantitative estimate of drug-likeness (QED) is 0.229. The number of sulfonamides is 1. The fourth-order valence-corrected chi connectivity index (χ4v) is 5.27. The van der Waals surface area contributed by atoms with Crippen molar-refractivity contribution in [2.75, 3.05) is 10.8 Å². The minimum absolute atomic E-state index is 0.0822. The summed E-state index contributed by atoms with van der Waals surface area (Å²) in [5, 5.41) is 4.52. The Morgan fingerprint density at radius 1 is 1.06 bits per heavy atom. The summed E-state index contributed by atoms with van der Waals surface area (Å²) in [6.07, 6.45) is 0. The Bertz CT molecular complexity index is 1310. The van der Waals surface area contributed by atoms with Crippen LogP contribution in [0.15, 0.2) is 76.7 Å². The molecule has 3 aromatic carbocycles. The van der Waals surface area contributed by atoms with E-state index >= 15 is 0 Å². The highest BCUT2D eigenvalue weighted by molar-refractivity contribution is 14.1. The SMILES string of the molecule is C/C(=N/NC(=O)CN(c1cc(Cl)ccc1C)S(=O)(=O)c1ccc(C)cc1)c1cccc(I)c1. The van der Waals surface area contributed by atoms with E-state index in [0.717, 1.165) is 19.0 Å². The minimum atomic E-state index is -4.04. The lowest BCUT2D eigenvalue weighted by atomic mass is 10.1. The average Bonchev–Trinajstić information content (AvgIpc) is 2.77. The van der Waals surface area contributed by atoms with Gasteiger partial charge in [0.1, 0.15) is 6.54 Å². The highest BCUT2D eigenvalue weighted by Gasteiger charge is 2.28. The van der Waals surface area contributed by atoms with Crippen molar-refractivity contribution in [3.05, 3.63) is 92.0 Å². The number of halogens is 2. The smallest absolute Gasteiger partial charge is 0.264 e. The molecule has 33 heavy (non-hydrogen) atoms. The number of hydrogen-bond donors (Lipinski definition) is 1. The van der Waals surface area contributed by atoms with Crippen LogP contribution in [-0.2, 0) is 14.8 Å². The molecule has 6 nitrogen and oxygen atoms in total. The van der Waals surface area contributed by atoms with Crippen molar-refractivity contribution in [1.29, 1.82) is 0 Å². The number of amides is 1. The normalized spacial score (nSPS) is 11.8. The van der Waals surface area contributed by atoms with Crippen molar-refractivity contribution in [3.63, 3.8) is 0 Å². The fourth-order valence-electron chi connectivity index (χ4n) is 3.08. The zero-order valence-electron chi connectivity index (χ0n) is 18.3. The maximum Gasteiger partial charge on any atom is 0.264 e. The summed E-state index contributed by atoms with van der Waals surface area (Å²) in [7, 11) is -4.04. The number of anilines is 1. The molecule has 0 bridgehead atoms. The Labute approximate surface area is 212 Å². The van der Waals surface area contributed by atoms with Gasteiger partial charge in [0, 0.05) is 8.59 Å². The molecule has 3 aromatic rings. The zero-order valence-corrected chi connectivity index (χ0v) is 22.1. The number of aryl methyl sites for hydroxylation is 2. The van der Waals surface area contributed by atoms with E-state index in [-0.39, 0.29) is 4.90 Å². The first-order valence-electron chi connectivity index (χ1n) is 10.0. The Morgan fingerprint density at radius 2 is 1.76 bits per heavy atom. The lowest BCUT2D eigenvalue weighted by molar-refractivity contribution is -0.119. The third-order valence-electron chi connectivity index (χ3n) is 4.93. The van der Waals surface area contributed by atoms with Crippen LogP contribution < -0.4 is 9.73 Å². The molecule has 172 valence electrons. The van der Waals surface area contributed by atoms with Gasteiger partial charge in [0.2, 0.25) is 0 Å². The molecule has 0 unspecified atom stereocenters. The lowest BCUT2D eigenvalue weighted by Crippen LogP contribution is -2.40. The summed E-state index contributed by atoms with van der Waals surface area (Å²) in [6.45, 7) is 4.95. The van der Waals surface area contributed by atoms with Gasteiger partial charge in [0.05, 0.1) is 16.3 Å². The van der Waals surface area contributed by atoms with E-state index in [2.05, 4.69) is 33.1 Å². The Morgan fingerprint density at radius 3 is 2.42 bits per heavy atom. The Balaban J connectivity index is 1.93. The summed E-state index contributed by atoms with van der Waals surface area (Å²) in [5.41, 5.74) is 5.86. The number of rotatable bonds is 7. The van der Waals surface area contributed by atoms with E-state index in [1.165, 1.54) is 18.2 Å². The summed E-state index contributed by atoms with van der Waals surface area (Å²) in [4.78, 5) is 12.9. The maximum absolute atomic E-state index is 13.5. The van der Waals surface area contributed by atoms with Crippen LogP contribution in [0.1, 0.15) is 23.6 Å². The average molecular weight is 596 g/mol. The molecule has 1 N–H and O–H groups in total. The summed E-state index contributed by atoms with van der Waals surface area (Å²) in [5.74, 6) is -0.574. The van der Waals surface area contributed by atoms with Gasteiger partial charge in [-0.3, -0.25) is 9.10 Å². The Hall–Kier alpha value is -2.43. The molecule has 0 aliphatic rings. The Kier molecular flexibility index (Phi) is 8.14. The second-order valence-electron chi connectivity index (χ2n) is 7.50. The van der Waals surface area contributed by atoms with E-state index < -0.39 is 22.5 Å². The van der Waals surface area contributed by atoms with Gasteiger partial charge < -0.3 is 0 Å². The molecule has 1 amide bonds. The number of nitrogens with zero attached hydrogens (tertiary/aromatic N) is 2. The van der Waals surface area contributed by atoms with Gasteiger partial charge in [0.15, 0.2) is 0 Å². The zero-order chi connectivity index (χ0) is 24.2. The van der Waals surface area contributed by atoms with Crippen molar-refractivity contribution in [1.82, 2.24) is 5.43 Å². The van der Waals surface area contributed by atoms with E-state index in [0.29, 0.717) is 22.0 Å². The van der Waals surface area contributed by atoms with Crippen molar-refractivity contribution >= 4 is 61.5 Å². The molecule has 0 atom stereocenters. The van der Waals surface area contributed by atoms with E-state index in [9.17, 15) is 13.2 Å². The molecular weight excluding hydrogens is 573 g/mol. The number of hydrazone groups is 1. The van der Waals surface area contributed by atoms with Crippen molar-refractivity contribution < 1.29 is 13.2 Å². The molecule has 0 heterocycles. The molecule has 0 saturated heterocycles. The summed E-state index contributed by atoms with van der Waals surface area (Å²) >= 11 is 8.35. The molecule has 0 fully saturated rings. The number of carbonyl (C=O) groups excluding carboxylic acids is 1.